The minimum absolute atomic E-state index is 0.693. The molecule has 4 atom stereocenters. The van der Waals surface area contributed by atoms with E-state index in [4.69, 9.17) is 4.74 Å². The fourth-order valence-electron chi connectivity index (χ4n) is 2.88. The van der Waals surface area contributed by atoms with Crippen molar-refractivity contribution in [2.24, 2.45) is 0 Å². The van der Waals surface area contributed by atoms with E-state index in [1.165, 1.54) is 0 Å². The van der Waals surface area contributed by atoms with Gasteiger partial charge in [0, 0.05) is 6.92 Å². The molecule has 124 valence electrons. The van der Waals surface area contributed by atoms with E-state index in [0.29, 0.717) is 6.92 Å². The molecule has 9 heteroatoms. The minimum atomic E-state index is -3.47. The fourth-order valence-corrected chi connectivity index (χ4v) is 2.88. The van der Waals surface area contributed by atoms with Crippen LogP contribution in [-0.4, -0.2) is 72.8 Å². The second kappa shape index (κ2) is 5.00. The summed E-state index contributed by atoms with van der Waals surface area (Å²) in [6, 6.07) is 0. The largest absolute Gasteiger partial charge is 0.393 e. The first-order valence-corrected chi connectivity index (χ1v) is 6.32. The zero-order chi connectivity index (χ0) is 17.7. The molecule has 1 aliphatic heterocycles. The first-order valence-electron chi connectivity index (χ1n) is 6.32. The Labute approximate surface area is 125 Å². The van der Waals surface area contributed by atoms with Crippen molar-refractivity contribution in [2.75, 3.05) is 6.61 Å². The molecule has 4 N–H and O–H groups in total. The number of carbonyl (C=O) groups excluding carboxylic acids is 4. The Morgan fingerprint density at radius 2 is 1.18 bits per heavy atom. The Balaban J connectivity index is 3.99. The topological polar surface area (TPSA) is 158 Å². The maximum absolute atomic E-state index is 11.9. The highest BCUT2D eigenvalue weighted by atomic mass is 16.7. The first-order chi connectivity index (χ1) is 9.79. The maximum Gasteiger partial charge on any atom is 0.268 e. The molecule has 1 heterocycles. The van der Waals surface area contributed by atoms with Gasteiger partial charge in [-0.1, -0.05) is 0 Å². The van der Waals surface area contributed by atoms with Gasteiger partial charge in [0.25, 0.3) is 5.79 Å². The highest BCUT2D eigenvalue weighted by molar-refractivity contribution is 6.10. The van der Waals surface area contributed by atoms with Crippen molar-refractivity contribution >= 4 is 23.1 Å². The Morgan fingerprint density at radius 3 is 1.41 bits per heavy atom. The molecule has 0 amide bonds. The molecule has 22 heavy (non-hydrogen) atoms. The van der Waals surface area contributed by atoms with Gasteiger partial charge in [-0.15, -0.1) is 0 Å². The van der Waals surface area contributed by atoms with E-state index < -0.39 is 52.3 Å². The van der Waals surface area contributed by atoms with Gasteiger partial charge in [-0.2, -0.15) is 0 Å². The maximum atomic E-state index is 11.9. The van der Waals surface area contributed by atoms with E-state index in [-0.39, 0.29) is 0 Å². The number of aliphatic hydroxyl groups excluding tert-OH is 1. The van der Waals surface area contributed by atoms with Crippen LogP contribution < -0.4 is 0 Å². The van der Waals surface area contributed by atoms with Crippen molar-refractivity contribution in [1.82, 2.24) is 0 Å². The van der Waals surface area contributed by atoms with Crippen molar-refractivity contribution in [2.45, 2.75) is 50.3 Å². The van der Waals surface area contributed by atoms with Gasteiger partial charge in [0.05, 0.1) is 6.61 Å². The normalized spacial score (nSPS) is 41.3. The van der Waals surface area contributed by atoms with Gasteiger partial charge in [0.15, 0.2) is 28.7 Å². The van der Waals surface area contributed by atoms with E-state index in [1.807, 2.05) is 0 Å². The molecule has 1 aliphatic rings. The summed E-state index contributed by atoms with van der Waals surface area (Å²) < 4.78 is 4.83. The third-order valence-electron chi connectivity index (χ3n) is 4.21. The molecule has 0 aromatic heterocycles. The third kappa shape index (κ3) is 1.65. The standard InChI is InChI=1S/C13H18O9/c1-6(15)10(5-14)11(19,7(2)16)12(20,8(3)17)13(21,22-10)9(4)18/h14,19-21H,5H2,1-4H3/t10-,11+,12-,13?/m1/s1. The van der Waals surface area contributed by atoms with Gasteiger partial charge in [-0.25, -0.2) is 0 Å². The molecule has 0 radical (unpaired) electrons. The highest BCUT2D eigenvalue weighted by Crippen LogP contribution is 2.53. The Hall–Kier alpha value is -1.52. The average molecular weight is 318 g/mol. The molecule has 1 saturated heterocycles. The molecule has 0 spiro atoms. The monoisotopic (exact) mass is 318 g/mol. The second-order valence-corrected chi connectivity index (χ2v) is 5.38. The number of hydrogen-bond donors (Lipinski definition) is 4. The van der Waals surface area contributed by atoms with Crippen molar-refractivity contribution in [3.05, 3.63) is 0 Å². The Morgan fingerprint density at radius 1 is 0.773 bits per heavy atom. The van der Waals surface area contributed by atoms with Crippen LogP contribution in [-0.2, 0) is 23.9 Å². The summed E-state index contributed by atoms with van der Waals surface area (Å²) in [5.41, 5.74) is -9.70. The van der Waals surface area contributed by atoms with Gasteiger partial charge in [0.2, 0.25) is 11.2 Å². The van der Waals surface area contributed by atoms with Gasteiger partial charge in [-0.3, -0.25) is 19.2 Å². The van der Waals surface area contributed by atoms with Gasteiger partial charge in [0.1, 0.15) is 0 Å². The average Bonchev–Trinajstić information content (AvgIpc) is 2.57. The Kier molecular flexibility index (Phi) is 4.21. The predicted molar refractivity (Wildman–Crippen MR) is 68.5 cm³/mol. The number of ketones is 4. The third-order valence-corrected chi connectivity index (χ3v) is 4.21. The van der Waals surface area contributed by atoms with Crippen LogP contribution in [0.15, 0.2) is 0 Å². The summed E-state index contributed by atoms with van der Waals surface area (Å²) in [5.74, 6) is -8.61. The van der Waals surface area contributed by atoms with Crippen molar-refractivity contribution in [1.29, 1.82) is 0 Å². The summed E-state index contributed by atoms with van der Waals surface area (Å²) in [6.07, 6.45) is 0. The van der Waals surface area contributed by atoms with Gasteiger partial charge in [-0.05, 0) is 20.8 Å². The van der Waals surface area contributed by atoms with E-state index in [9.17, 15) is 39.6 Å². The summed E-state index contributed by atoms with van der Waals surface area (Å²) in [5, 5.41) is 41.1. The minimum Gasteiger partial charge on any atom is -0.393 e. The molecular formula is C13H18O9. The first kappa shape index (κ1) is 18.5. The van der Waals surface area contributed by atoms with Gasteiger partial charge < -0.3 is 25.2 Å². The smallest absolute Gasteiger partial charge is 0.268 e. The SMILES string of the molecule is CC(=O)C1(O)O[C@](CO)(C(C)=O)[C@@](O)(C(C)=O)[C@]1(O)C(C)=O. The van der Waals surface area contributed by atoms with Crippen molar-refractivity contribution < 1.29 is 44.3 Å². The lowest BCUT2D eigenvalue weighted by Crippen LogP contribution is -2.75. The molecule has 1 fully saturated rings. The fraction of sp³-hybridized carbons (Fsp3) is 0.692. The molecule has 0 saturated carbocycles. The van der Waals surface area contributed by atoms with Crippen LogP contribution >= 0.6 is 0 Å². The lowest BCUT2D eigenvalue weighted by atomic mass is 9.65. The van der Waals surface area contributed by atoms with Crippen molar-refractivity contribution in [3.63, 3.8) is 0 Å². The number of rotatable bonds is 5. The predicted octanol–water partition coefficient (Wildman–Crippen LogP) is -2.75. The summed E-state index contributed by atoms with van der Waals surface area (Å²) in [7, 11) is 0. The van der Waals surface area contributed by atoms with Crippen molar-refractivity contribution in [3.8, 4) is 0 Å². The molecule has 0 aliphatic carbocycles. The quantitative estimate of drug-likeness (QED) is 0.421. The highest BCUT2D eigenvalue weighted by Gasteiger charge is 2.86. The van der Waals surface area contributed by atoms with E-state index in [2.05, 4.69) is 0 Å². The number of Topliss-reactive ketones (excluding diaryl/α,β-unsaturated/α-hetero) is 4. The molecular weight excluding hydrogens is 300 g/mol. The molecule has 0 aromatic carbocycles. The van der Waals surface area contributed by atoms with Crippen LogP contribution in [0.3, 0.4) is 0 Å². The summed E-state index contributed by atoms with van der Waals surface area (Å²) >= 11 is 0. The summed E-state index contributed by atoms with van der Waals surface area (Å²) in [4.78, 5) is 47.5. The molecule has 0 aromatic rings. The van der Waals surface area contributed by atoms with E-state index in [1.54, 1.807) is 0 Å². The number of aliphatic hydroxyl groups is 4. The molecule has 9 nitrogen and oxygen atoms in total. The second-order valence-electron chi connectivity index (χ2n) is 5.38. The number of carbonyl (C=O) groups is 4. The van der Waals surface area contributed by atoms with Crippen LogP contribution in [0.5, 0.6) is 0 Å². The van der Waals surface area contributed by atoms with Crippen LogP contribution in [0.25, 0.3) is 0 Å². The summed E-state index contributed by atoms with van der Waals surface area (Å²) in [6.45, 7) is 1.58. The van der Waals surface area contributed by atoms with Crippen LogP contribution in [0.1, 0.15) is 27.7 Å². The van der Waals surface area contributed by atoms with Crippen LogP contribution in [0, 0.1) is 0 Å². The molecule has 1 unspecified atom stereocenters. The van der Waals surface area contributed by atoms with Crippen LogP contribution in [0.4, 0.5) is 0 Å². The van der Waals surface area contributed by atoms with E-state index in [0.717, 1.165) is 20.8 Å². The van der Waals surface area contributed by atoms with E-state index >= 15 is 0 Å². The molecule has 0 bridgehead atoms. The lowest BCUT2D eigenvalue weighted by Gasteiger charge is -2.41. The lowest BCUT2D eigenvalue weighted by molar-refractivity contribution is -0.256. The number of hydrogen-bond acceptors (Lipinski definition) is 9. The number of ether oxygens (including phenoxy) is 1. The molecule has 1 rings (SSSR count). The zero-order valence-corrected chi connectivity index (χ0v) is 12.5. The zero-order valence-electron chi connectivity index (χ0n) is 12.5. The van der Waals surface area contributed by atoms with Gasteiger partial charge >= 0.3 is 0 Å². The Bertz CT molecular complexity index is 570. The van der Waals surface area contributed by atoms with Crippen LogP contribution in [0.2, 0.25) is 0 Å².